The number of aryl methyl sites for hydroxylation is 1. The van der Waals surface area contributed by atoms with Crippen molar-refractivity contribution in [1.29, 1.82) is 5.26 Å². The van der Waals surface area contributed by atoms with E-state index in [-0.39, 0.29) is 0 Å². The molecule has 0 radical (unpaired) electrons. The van der Waals surface area contributed by atoms with Crippen molar-refractivity contribution in [1.82, 2.24) is 5.32 Å². The maximum Gasteiger partial charge on any atom is 0.161 e. The second-order valence-electron chi connectivity index (χ2n) is 5.15. The monoisotopic (exact) mass is 276 g/mol. The highest BCUT2D eigenvalue weighted by Crippen LogP contribution is 2.28. The van der Waals surface area contributed by atoms with Crippen molar-refractivity contribution in [3.05, 3.63) is 23.8 Å². The van der Waals surface area contributed by atoms with Gasteiger partial charge in [-0.15, -0.1) is 0 Å². The van der Waals surface area contributed by atoms with Crippen LogP contribution >= 0.6 is 0 Å². The zero-order valence-corrected chi connectivity index (χ0v) is 12.8. The molecule has 110 valence electrons. The lowest BCUT2D eigenvalue weighted by Crippen LogP contribution is -2.37. The van der Waals surface area contributed by atoms with Gasteiger partial charge in [0.25, 0.3) is 0 Å². The molecule has 20 heavy (non-hydrogen) atoms. The molecule has 1 N–H and O–H groups in total. The van der Waals surface area contributed by atoms with Gasteiger partial charge in [0.05, 0.1) is 19.8 Å². The SMILES string of the molecule is CNC(C)(C#N)CCCCOc1ccc(C)cc1OC. The second kappa shape index (κ2) is 7.76. The van der Waals surface area contributed by atoms with E-state index in [2.05, 4.69) is 11.4 Å². The third-order valence-corrected chi connectivity index (χ3v) is 3.45. The molecule has 1 aromatic carbocycles. The minimum atomic E-state index is -0.443. The van der Waals surface area contributed by atoms with Gasteiger partial charge in [-0.1, -0.05) is 6.07 Å². The van der Waals surface area contributed by atoms with Gasteiger partial charge in [-0.05, 0) is 57.9 Å². The van der Waals surface area contributed by atoms with E-state index in [1.807, 2.05) is 39.1 Å². The van der Waals surface area contributed by atoms with Crippen LogP contribution in [0.5, 0.6) is 11.5 Å². The number of nitrogens with one attached hydrogen (secondary N) is 1. The van der Waals surface area contributed by atoms with Crippen molar-refractivity contribution in [3.63, 3.8) is 0 Å². The fourth-order valence-corrected chi connectivity index (χ4v) is 1.89. The van der Waals surface area contributed by atoms with Crippen LogP contribution in [0.1, 0.15) is 31.7 Å². The summed E-state index contributed by atoms with van der Waals surface area (Å²) >= 11 is 0. The summed E-state index contributed by atoms with van der Waals surface area (Å²) in [6, 6.07) is 8.19. The standard InChI is InChI=1S/C16H24N2O2/c1-13-7-8-14(15(11-13)19-4)20-10-6-5-9-16(2,12-17)18-3/h7-8,11,18H,5-6,9-10H2,1-4H3. The molecule has 1 unspecified atom stereocenters. The molecule has 4 nitrogen and oxygen atoms in total. The molecule has 0 aliphatic rings. The molecule has 0 aromatic heterocycles. The number of benzene rings is 1. The average molecular weight is 276 g/mol. The molecule has 1 atom stereocenters. The second-order valence-corrected chi connectivity index (χ2v) is 5.15. The number of ether oxygens (including phenoxy) is 2. The van der Waals surface area contributed by atoms with Crippen LogP contribution in [-0.4, -0.2) is 26.3 Å². The summed E-state index contributed by atoms with van der Waals surface area (Å²) in [6.07, 6.45) is 2.67. The molecule has 0 bridgehead atoms. The third kappa shape index (κ3) is 4.75. The summed E-state index contributed by atoms with van der Waals surface area (Å²) in [5.74, 6) is 1.54. The van der Waals surface area contributed by atoms with Gasteiger partial charge in [0.1, 0.15) is 5.54 Å². The topological polar surface area (TPSA) is 54.3 Å². The summed E-state index contributed by atoms with van der Waals surface area (Å²) in [5.41, 5.74) is 0.703. The third-order valence-electron chi connectivity index (χ3n) is 3.45. The Morgan fingerprint density at radius 2 is 2.05 bits per heavy atom. The molecule has 0 spiro atoms. The van der Waals surface area contributed by atoms with Crippen molar-refractivity contribution in [3.8, 4) is 17.6 Å². The molecular formula is C16H24N2O2. The van der Waals surface area contributed by atoms with Gasteiger partial charge in [0.2, 0.25) is 0 Å². The number of nitriles is 1. The van der Waals surface area contributed by atoms with Gasteiger partial charge in [0.15, 0.2) is 11.5 Å². The van der Waals surface area contributed by atoms with Crippen molar-refractivity contribution < 1.29 is 9.47 Å². The summed E-state index contributed by atoms with van der Waals surface area (Å²) < 4.78 is 11.0. The molecule has 4 heteroatoms. The summed E-state index contributed by atoms with van der Waals surface area (Å²) in [4.78, 5) is 0. The van der Waals surface area contributed by atoms with E-state index in [1.54, 1.807) is 7.11 Å². The van der Waals surface area contributed by atoms with Crippen LogP contribution in [-0.2, 0) is 0 Å². The van der Waals surface area contributed by atoms with Gasteiger partial charge in [-0.3, -0.25) is 0 Å². The van der Waals surface area contributed by atoms with Crippen LogP contribution < -0.4 is 14.8 Å². The van der Waals surface area contributed by atoms with E-state index < -0.39 is 5.54 Å². The van der Waals surface area contributed by atoms with E-state index in [0.717, 1.165) is 36.3 Å². The van der Waals surface area contributed by atoms with E-state index >= 15 is 0 Å². The number of hydrogen-bond acceptors (Lipinski definition) is 4. The summed E-state index contributed by atoms with van der Waals surface area (Å²) in [6.45, 7) is 4.56. The fourth-order valence-electron chi connectivity index (χ4n) is 1.89. The van der Waals surface area contributed by atoms with Gasteiger partial charge < -0.3 is 14.8 Å². The highest BCUT2D eigenvalue weighted by molar-refractivity contribution is 5.42. The Kier molecular flexibility index (Phi) is 6.33. The lowest BCUT2D eigenvalue weighted by molar-refractivity contribution is 0.280. The van der Waals surface area contributed by atoms with Gasteiger partial charge in [-0.2, -0.15) is 5.26 Å². The molecular weight excluding hydrogens is 252 g/mol. The smallest absolute Gasteiger partial charge is 0.161 e. The molecule has 0 aliphatic heterocycles. The predicted molar refractivity (Wildman–Crippen MR) is 80.2 cm³/mol. The Morgan fingerprint density at radius 3 is 2.65 bits per heavy atom. The molecule has 0 heterocycles. The van der Waals surface area contributed by atoms with Gasteiger partial charge in [0, 0.05) is 0 Å². The molecule has 0 fully saturated rings. The van der Waals surface area contributed by atoms with Gasteiger partial charge >= 0.3 is 0 Å². The molecule has 1 rings (SSSR count). The van der Waals surface area contributed by atoms with Crippen molar-refractivity contribution >= 4 is 0 Å². The first-order chi connectivity index (χ1) is 9.54. The van der Waals surface area contributed by atoms with E-state index in [1.165, 1.54) is 0 Å². The first-order valence-electron chi connectivity index (χ1n) is 6.92. The predicted octanol–water partition coefficient (Wildman–Crippen LogP) is 3.05. The van der Waals surface area contributed by atoms with Crippen molar-refractivity contribution in [2.45, 2.75) is 38.6 Å². The van der Waals surface area contributed by atoms with Gasteiger partial charge in [-0.25, -0.2) is 0 Å². The Balaban J connectivity index is 2.37. The Hall–Kier alpha value is -1.73. The zero-order chi connectivity index (χ0) is 15.0. The van der Waals surface area contributed by atoms with Crippen molar-refractivity contribution in [2.24, 2.45) is 0 Å². The fraction of sp³-hybridized carbons (Fsp3) is 0.562. The van der Waals surface area contributed by atoms with E-state index in [9.17, 15) is 0 Å². The quantitative estimate of drug-likeness (QED) is 0.741. The van der Waals surface area contributed by atoms with Crippen LogP contribution in [0, 0.1) is 18.3 Å². The summed E-state index contributed by atoms with van der Waals surface area (Å²) in [5, 5.41) is 12.1. The number of unbranched alkanes of at least 4 members (excludes halogenated alkanes) is 1. The lowest BCUT2D eigenvalue weighted by atomic mass is 9.97. The van der Waals surface area contributed by atoms with Crippen LogP contribution in [0.3, 0.4) is 0 Å². The van der Waals surface area contributed by atoms with Crippen LogP contribution in [0.15, 0.2) is 18.2 Å². The maximum atomic E-state index is 9.05. The summed E-state index contributed by atoms with van der Waals surface area (Å²) in [7, 11) is 3.46. The van der Waals surface area contributed by atoms with Crippen molar-refractivity contribution in [2.75, 3.05) is 20.8 Å². The Labute approximate surface area is 121 Å². The Bertz CT molecular complexity index is 468. The number of rotatable bonds is 8. The largest absolute Gasteiger partial charge is 0.493 e. The maximum absolute atomic E-state index is 9.05. The average Bonchev–Trinajstić information content (AvgIpc) is 2.47. The first kappa shape index (κ1) is 16.3. The number of nitrogens with zero attached hydrogens (tertiary/aromatic N) is 1. The van der Waals surface area contributed by atoms with Crippen LogP contribution in [0.4, 0.5) is 0 Å². The number of hydrogen-bond donors (Lipinski definition) is 1. The molecule has 1 aromatic rings. The highest BCUT2D eigenvalue weighted by atomic mass is 16.5. The molecule has 0 aliphatic carbocycles. The molecule has 0 saturated heterocycles. The zero-order valence-electron chi connectivity index (χ0n) is 12.8. The molecule has 0 saturated carbocycles. The Morgan fingerprint density at radius 1 is 1.30 bits per heavy atom. The lowest BCUT2D eigenvalue weighted by Gasteiger charge is -2.20. The first-order valence-corrected chi connectivity index (χ1v) is 6.92. The minimum absolute atomic E-state index is 0.443. The van der Waals surface area contributed by atoms with E-state index in [4.69, 9.17) is 14.7 Å². The number of methoxy groups -OCH3 is 1. The minimum Gasteiger partial charge on any atom is -0.493 e. The molecule has 0 amide bonds. The normalized spacial score (nSPS) is 13.3. The van der Waals surface area contributed by atoms with E-state index in [0.29, 0.717) is 6.61 Å². The van der Waals surface area contributed by atoms with Crippen LogP contribution in [0.25, 0.3) is 0 Å². The highest BCUT2D eigenvalue weighted by Gasteiger charge is 2.19. The van der Waals surface area contributed by atoms with Crippen LogP contribution in [0.2, 0.25) is 0 Å².